The topological polar surface area (TPSA) is 97.6 Å². The number of fused-ring (bicyclic) bond motifs is 1. The molecule has 0 radical (unpaired) electrons. The number of nitrogens with zero attached hydrogens (tertiary/aromatic N) is 5. The molecule has 0 aliphatic carbocycles. The lowest BCUT2D eigenvalue weighted by molar-refractivity contribution is -0.173. The number of hydrogen-bond acceptors (Lipinski definition) is 6. The molecule has 0 bridgehead atoms. The van der Waals surface area contributed by atoms with E-state index in [1.807, 2.05) is 29.1 Å². The number of pyridine rings is 1. The van der Waals surface area contributed by atoms with Gasteiger partial charge in [-0.25, -0.2) is 9.97 Å². The Morgan fingerprint density at radius 1 is 1.06 bits per heavy atom. The Balaban J connectivity index is 1.48. The standard InChI is InChI=1S/C20H16F3N7O/c1-30-16(13-6-8-24-9-7-13)28-15-11-26-19(29-17(15)30)27-14-4-2-12(3-5-14)10-25-18(31)20(21,22)23/h2-9,11H,10H2,1H3,(H,25,31)(H,26,27,29). The van der Waals surface area contributed by atoms with E-state index in [1.165, 1.54) is 0 Å². The largest absolute Gasteiger partial charge is 0.471 e. The van der Waals surface area contributed by atoms with Crippen LogP contribution < -0.4 is 10.6 Å². The van der Waals surface area contributed by atoms with Crippen LogP contribution in [0.4, 0.5) is 24.8 Å². The molecule has 2 N–H and O–H groups in total. The molecule has 8 nitrogen and oxygen atoms in total. The number of amides is 1. The zero-order chi connectivity index (χ0) is 22.0. The first kappa shape index (κ1) is 20.3. The van der Waals surface area contributed by atoms with Gasteiger partial charge in [-0.1, -0.05) is 12.1 Å². The van der Waals surface area contributed by atoms with Crippen molar-refractivity contribution in [1.82, 2.24) is 29.8 Å². The summed E-state index contributed by atoms with van der Waals surface area (Å²) in [5.74, 6) is -0.900. The van der Waals surface area contributed by atoms with Crippen molar-refractivity contribution >= 4 is 28.7 Å². The van der Waals surface area contributed by atoms with Gasteiger partial charge in [-0.3, -0.25) is 9.78 Å². The van der Waals surface area contributed by atoms with Crippen molar-refractivity contribution in [3.8, 4) is 11.4 Å². The first-order chi connectivity index (χ1) is 14.8. The molecule has 0 spiro atoms. The summed E-state index contributed by atoms with van der Waals surface area (Å²) in [5, 5.41) is 4.88. The smallest absolute Gasteiger partial charge is 0.344 e. The second-order valence-electron chi connectivity index (χ2n) is 6.64. The van der Waals surface area contributed by atoms with Crippen LogP contribution in [0, 0.1) is 0 Å². The van der Waals surface area contributed by atoms with Gasteiger partial charge in [-0.05, 0) is 29.8 Å². The molecule has 0 aliphatic rings. The number of halogens is 3. The van der Waals surface area contributed by atoms with E-state index in [0.717, 1.165) is 11.4 Å². The minimum atomic E-state index is -4.90. The van der Waals surface area contributed by atoms with E-state index in [-0.39, 0.29) is 6.54 Å². The minimum absolute atomic E-state index is 0.228. The maximum absolute atomic E-state index is 12.3. The highest BCUT2D eigenvalue weighted by Crippen LogP contribution is 2.23. The van der Waals surface area contributed by atoms with Gasteiger partial charge < -0.3 is 15.2 Å². The Morgan fingerprint density at radius 2 is 1.77 bits per heavy atom. The highest BCUT2D eigenvalue weighted by atomic mass is 19.4. The van der Waals surface area contributed by atoms with Gasteiger partial charge in [0.2, 0.25) is 5.95 Å². The lowest BCUT2D eigenvalue weighted by Crippen LogP contribution is -2.36. The molecule has 4 rings (SSSR count). The van der Waals surface area contributed by atoms with Crippen LogP contribution in [0.3, 0.4) is 0 Å². The van der Waals surface area contributed by atoms with Crippen molar-refractivity contribution in [1.29, 1.82) is 0 Å². The van der Waals surface area contributed by atoms with Crippen molar-refractivity contribution in [2.24, 2.45) is 7.05 Å². The third-order valence-electron chi connectivity index (χ3n) is 4.47. The molecule has 0 saturated heterocycles. The number of carbonyl (C=O) groups is 1. The Morgan fingerprint density at radius 3 is 2.45 bits per heavy atom. The molecule has 1 aromatic carbocycles. The van der Waals surface area contributed by atoms with E-state index >= 15 is 0 Å². The Kier molecular flexibility index (Phi) is 5.24. The number of carbonyl (C=O) groups excluding carboxylic acids is 1. The molecule has 0 saturated carbocycles. The molecular formula is C20H16F3N7O. The van der Waals surface area contributed by atoms with E-state index in [4.69, 9.17) is 0 Å². The van der Waals surface area contributed by atoms with Crippen molar-refractivity contribution < 1.29 is 18.0 Å². The predicted octanol–water partition coefficient (Wildman–Crippen LogP) is 3.35. The quantitative estimate of drug-likeness (QED) is 0.507. The summed E-state index contributed by atoms with van der Waals surface area (Å²) >= 11 is 0. The number of aryl methyl sites for hydroxylation is 1. The fourth-order valence-corrected chi connectivity index (χ4v) is 2.92. The number of benzene rings is 1. The van der Waals surface area contributed by atoms with Crippen LogP contribution in [0.5, 0.6) is 0 Å². The third kappa shape index (κ3) is 4.44. The average molecular weight is 427 g/mol. The lowest BCUT2D eigenvalue weighted by atomic mass is 10.2. The SMILES string of the molecule is Cn1c(-c2ccncc2)nc2cnc(Nc3ccc(CNC(=O)C(F)(F)F)cc3)nc21. The number of nitrogens with one attached hydrogen (secondary N) is 2. The fraction of sp³-hybridized carbons (Fsp3) is 0.150. The highest BCUT2D eigenvalue weighted by molar-refractivity contribution is 5.81. The summed E-state index contributed by atoms with van der Waals surface area (Å²) < 4.78 is 38.6. The summed E-state index contributed by atoms with van der Waals surface area (Å²) in [6.07, 6.45) is 0.0774. The molecular weight excluding hydrogens is 411 g/mol. The first-order valence-corrected chi connectivity index (χ1v) is 9.12. The van der Waals surface area contributed by atoms with E-state index in [1.54, 1.807) is 42.9 Å². The normalized spacial score (nSPS) is 11.5. The minimum Gasteiger partial charge on any atom is -0.344 e. The van der Waals surface area contributed by atoms with E-state index in [9.17, 15) is 18.0 Å². The van der Waals surface area contributed by atoms with Gasteiger partial charge in [-0.15, -0.1) is 0 Å². The number of alkyl halides is 3. The van der Waals surface area contributed by atoms with Gasteiger partial charge in [0, 0.05) is 37.2 Å². The summed E-state index contributed by atoms with van der Waals surface area (Å²) in [6.45, 7) is -0.228. The second kappa shape index (κ2) is 8.01. The molecule has 0 aliphatic heterocycles. The lowest BCUT2D eigenvalue weighted by Gasteiger charge is -2.09. The molecule has 158 valence electrons. The molecule has 3 aromatic heterocycles. The molecule has 31 heavy (non-hydrogen) atoms. The number of rotatable bonds is 5. The molecule has 0 fully saturated rings. The molecule has 0 atom stereocenters. The van der Waals surface area contributed by atoms with Crippen molar-refractivity contribution in [2.75, 3.05) is 5.32 Å². The maximum atomic E-state index is 12.3. The van der Waals surface area contributed by atoms with E-state index < -0.39 is 12.1 Å². The fourth-order valence-electron chi connectivity index (χ4n) is 2.92. The van der Waals surface area contributed by atoms with Gasteiger partial charge in [0.1, 0.15) is 11.3 Å². The molecule has 0 unspecified atom stereocenters. The third-order valence-corrected chi connectivity index (χ3v) is 4.47. The van der Waals surface area contributed by atoms with Crippen LogP contribution in [0.1, 0.15) is 5.56 Å². The molecule has 11 heteroatoms. The van der Waals surface area contributed by atoms with Crippen LogP contribution in [-0.4, -0.2) is 36.6 Å². The van der Waals surface area contributed by atoms with Gasteiger partial charge in [0.25, 0.3) is 0 Å². The van der Waals surface area contributed by atoms with E-state index in [0.29, 0.717) is 28.4 Å². The summed E-state index contributed by atoms with van der Waals surface area (Å²) in [6, 6.07) is 10.2. The predicted molar refractivity (Wildman–Crippen MR) is 107 cm³/mol. The summed E-state index contributed by atoms with van der Waals surface area (Å²) in [5.41, 5.74) is 3.33. The second-order valence-corrected chi connectivity index (χ2v) is 6.64. The molecule has 3 heterocycles. The van der Waals surface area contributed by atoms with Crippen LogP contribution in [0.2, 0.25) is 0 Å². The van der Waals surface area contributed by atoms with Gasteiger partial charge >= 0.3 is 12.1 Å². The Labute approximate surface area is 174 Å². The highest BCUT2D eigenvalue weighted by Gasteiger charge is 2.38. The van der Waals surface area contributed by atoms with E-state index in [2.05, 4.69) is 25.3 Å². The first-order valence-electron chi connectivity index (χ1n) is 9.12. The number of aromatic nitrogens is 5. The Hall–Kier alpha value is -4.02. The zero-order valence-electron chi connectivity index (χ0n) is 16.2. The van der Waals surface area contributed by atoms with Gasteiger partial charge in [0.05, 0.1) is 6.20 Å². The van der Waals surface area contributed by atoms with Gasteiger partial charge in [0.15, 0.2) is 5.65 Å². The van der Waals surface area contributed by atoms with Crippen molar-refractivity contribution in [3.63, 3.8) is 0 Å². The van der Waals surface area contributed by atoms with Crippen LogP contribution >= 0.6 is 0 Å². The van der Waals surface area contributed by atoms with Crippen molar-refractivity contribution in [3.05, 3.63) is 60.6 Å². The van der Waals surface area contributed by atoms with Crippen LogP contribution in [0.15, 0.2) is 55.0 Å². The van der Waals surface area contributed by atoms with Gasteiger partial charge in [-0.2, -0.15) is 18.2 Å². The molecule has 4 aromatic rings. The van der Waals surface area contributed by atoms with Crippen LogP contribution in [0.25, 0.3) is 22.6 Å². The number of anilines is 2. The maximum Gasteiger partial charge on any atom is 0.471 e. The Bertz CT molecular complexity index is 1220. The van der Waals surface area contributed by atoms with Crippen molar-refractivity contribution in [2.45, 2.75) is 12.7 Å². The zero-order valence-corrected chi connectivity index (χ0v) is 16.2. The monoisotopic (exact) mass is 427 g/mol. The number of imidazole rings is 1. The summed E-state index contributed by atoms with van der Waals surface area (Å²) in [7, 11) is 1.85. The number of hydrogen-bond donors (Lipinski definition) is 2. The summed E-state index contributed by atoms with van der Waals surface area (Å²) in [4.78, 5) is 28.2. The van der Waals surface area contributed by atoms with Crippen LogP contribution in [-0.2, 0) is 18.4 Å². The average Bonchev–Trinajstić information content (AvgIpc) is 3.09. The molecule has 1 amide bonds.